The molecular weight excluding hydrogens is 465 g/mol. The number of halogens is 2. The third kappa shape index (κ3) is 4.42. The topological polar surface area (TPSA) is 108 Å². The minimum absolute atomic E-state index is 0. The summed E-state index contributed by atoms with van der Waals surface area (Å²) in [5, 5.41) is 4.88. The minimum atomic E-state index is -0.277. The second-order valence-corrected chi connectivity index (χ2v) is 8.27. The summed E-state index contributed by atoms with van der Waals surface area (Å²) in [6.45, 7) is 3.75. The van der Waals surface area contributed by atoms with Gasteiger partial charge in [-0.25, -0.2) is 14.6 Å². The number of nitrogens with zero attached hydrogens (tertiary/aromatic N) is 6. The Morgan fingerprint density at radius 2 is 2.15 bits per heavy atom. The van der Waals surface area contributed by atoms with Gasteiger partial charge in [-0.2, -0.15) is 5.10 Å². The zero-order chi connectivity index (χ0) is 22.2. The fourth-order valence-corrected chi connectivity index (χ4v) is 4.24. The van der Waals surface area contributed by atoms with Gasteiger partial charge in [0, 0.05) is 24.2 Å². The zero-order valence-electron chi connectivity index (χ0n) is 18.0. The molecule has 3 aromatic heterocycles. The van der Waals surface area contributed by atoms with E-state index in [4.69, 9.17) is 26.7 Å². The van der Waals surface area contributed by atoms with Crippen molar-refractivity contribution in [3.05, 3.63) is 45.7 Å². The lowest BCUT2D eigenvalue weighted by molar-refractivity contribution is 0.482. The number of anilines is 1. The molecule has 33 heavy (non-hydrogen) atoms. The maximum absolute atomic E-state index is 13.4. The van der Waals surface area contributed by atoms with E-state index >= 15 is 0 Å². The van der Waals surface area contributed by atoms with Crippen molar-refractivity contribution in [2.24, 2.45) is 5.73 Å². The molecule has 1 saturated heterocycles. The monoisotopic (exact) mass is 487 g/mol. The van der Waals surface area contributed by atoms with E-state index in [0.29, 0.717) is 52.1 Å². The summed E-state index contributed by atoms with van der Waals surface area (Å²) < 4.78 is 8.95. The first-order valence-electron chi connectivity index (χ1n) is 10.4. The first-order valence-corrected chi connectivity index (χ1v) is 10.8. The van der Waals surface area contributed by atoms with E-state index < -0.39 is 0 Å². The van der Waals surface area contributed by atoms with Crippen LogP contribution in [0.15, 0.2) is 33.6 Å². The Morgan fingerprint density at radius 1 is 1.30 bits per heavy atom. The Labute approximate surface area is 200 Å². The molecule has 4 heterocycles. The number of piperidine rings is 1. The number of benzene rings is 1. The molecule has 11 heteroatoms. The van der Waals surface area contributed by atoms with Crippen LogP contribution in [0.5, 0.6) is 0 Å². The average molecular weight is 488 g/mol. The summed E-state index contributed by atoms with van der Waals surface area (Å²) in [7, 11) is 0. The summed E-state index contributed by atoms with van der Waals surface area (Å²) in [6.07, 6.45) is 3.56. The van der Waals surface area contributed by atoms with Crippen molar-refractivity contribution in [2.75, 3.05) is 18.0 Å². The fourth-order valence-electron chi connectivity index (χ4n) is 4.07. The molecule has 0 bridgehead atoms. The molecule has 1 atom stereocenters. The van der Waals surface area contributed by atoms with Crippen LogP contribution in [0.2, 0.25) is 5.02 Å². The summed E-state index contributed by atoms with van der Waals surface area (Å²) in [5.41, 5.74) is 8.12. The molecule has 4 aromatic rings. The van der Waals surface area contributed by atoms with Crippen LogP contribution in [0.3, 0.4) is 0 Å². The molecule has 0 radical (unpaired) electrons. The van der Waals surface area contributed by atoms with Gasteiger partial charge in [-0.1, -0.05) is 17.5 Å². The second kappa shape index (κ2) is 9.43. The molecule has 1 unspecified atom stereocenters. The number of oxazole rings is 1. The van der Waals surface area contributed by atoms with E-state index in [0.717, 1.165) is 19.4 Å². The van der Waals surface area contributed by atoms with Crippen LogP contribution in [0.4, 0.5) is 5.95 Å². The van der Waals surface area contributed by atoms with Crippen LogP contribution in [0.1, 0.15) is 25.7 Å². The van der Waals surface area contributed by atoms with Gasteiger partial charge in [0.15, 0.2) is 5.58 Å². The molecule has 5 rings (SSSR count). The van der Waals surface area contributed by atoms with Gasteiger partial charge in [0.05, 0.1) is 12.7 Å². The highest BCUT2D eigenvalue weighted by Crippen LogP contribution is 2.24. The lowest BCUT2D eigenvalue weighted by Gasteiger charge is -2.31. The number of hydrogen-bond acceptors (Lipinski definition) is 7. The first-order chi connectivity index (χ1) is 15.5. The average Bonchev–Trinajstić information content (AvgIpc) is 3.35. The Balaban J connectivity index is 0.00000259. The highest BCUT2D eigenvalue weighted by atomic mass is 35.5. The summed E-state index contributed by atoms with van der Waals surface area (Å²) in [5.74, 6) is 7.03. The number of nitrogens with two attached hydrogens (primary N) is 1. The highest BCUT2D eigenvalue weighted by molar-refractivity contribution is 6.31. The largest absolute Gasteiger partial charge is 0.439 e. The van der Waals surface area contributed by atoms with Crippen LogP contribution < -0.4 is 16.2 Å². The number of rotatable bonds is 4. The molecule has 1 fully saturated rings. The smallest absolute Gasteiger partial charge is 0.293 e. The molecule has 1 aliphatic heterocycles. The van der Waals surface area contributed by atoms with Gasteiger partial charge in [-0.05, 0) is 38.0 Å². The van der Waals surface area contributed by atoms with Gasteiger partial charge in [0.1, 0.15) is 23.1 Å². The lowest BCUT2D eigenvalue weighted by Crippen LogP contribution is -2.44. The van der Waals surface area contributed by atoms with Gasteiger partial charge >= 0.3 is 0 Å². The van der Waals surface area contributed by atoms with Crippen LogP contribution in [0.25, 0.3) is 22.1 Å². The predicted molar refractivity (Wildman–Crippen MR) is 130 cm³/mol. The van der Waals surface area contributed by atoms with Crippen LogP contribution in [-0.2, 0) is 13.1 Å². The number of imidazole rings is 1. The molecular formula is C22H23Cl2N7O2. The van der Waals surface area contributed by atoms with E-state index in [-0.39, 0.29) is 30.6 Å². The number of fused-ring (bicyclic) bond motifs is 2. The molecule has 0 amide bonds. The van der Waals surface area contributed by atoms with Gasteiger partial charge in [0.2, 0.25) is 11.8 Å². The molecule has 1 aromatic carbocycles. The van der Waals surface area contributed by atoms with E-state index in [1.54, 1.807) is 31.3 Å². The molecule has 172 valence electrons. The van der Waals surface area contributed by atoms with Crippen molar-refractivity contribution >= 4 is 52.1 Å². The predicted octanol–water partition coefficient (Wildman–Crippen LogP) is 2.81. The Kier molecular flexibility index (Phi) is 6.61. The molecule has 1 aliphatic rings. The van der Waals surface area contributed by atoms with Crippen molar-refractivity contribution < 1.29 is 4.42 Å². The summed E-state index contributed by atoms with van der Waals surface area (Å²) >= 11 is 6.03. The fraction of sp³-hybridized carbons (Fsp3) is 0.364. The van der Waals surface area contributed by atoms with Crippen LogP contribution >= 0.6 is 24.0 Å². The Hall–Kier alpha value is -3.06. The molecule has 9 nitrogen and oxygen atoms in total. The lowest BCUT2D eigenvalue weighted by atomic mass is 10.1. The highest BCUT2D eigenvalue weighted by Gasteiger charge is 2.24. The van der Waals surface area contributed by atoms with E-state index in [1.165, 1.54) is 4.68 Å². The van der Waals surface area contributed by atoms with Gasteiger partial charge in [0.25, 0.3) is 5.56 Å². The van der Waals surface area contributed by atoms with Crippen molar-refractivity contribution in [2.45, 2.75) is 38.9 Å². The molecule has 0 aliphatic carbocycles. The van der Waals surface area contributed by atoms with Crippen molar-refractivity contribution in [3.8, 4) is 11.8 Å². The van der Waals surface area contributed by atoms with Crippen molar-refractivity contribution in [1.29, 1.82) is 0 Å². The molecule has 0 saturated carbocycles. The summed E-state index contributed by atoms with van der Waals surface area (Å²) in [6, 6.07) is 5.28. The van der Waals surface area contributed by atoms with Crippen LogP contribution in [0, 0.1) is 11.8 Å². The van der Waals surface area contributed by atoms with Crippen molar-refractivity contribution in [1.82, 2.24) is 24.3 Å². The number of hydrogen-bond donors (Lipinski definition) is 1. The van der Waals surface area contributed by atoms with Gasteiger partial charge < -0.3 is 15.1 Å². The standard InChI is InChI=1S/C22H22ClN7O2.ClH/c1-2-3-9-29-20-17(27-22(29)28-8-4-5-15(24)12-28)11-25-30(21(20)31)13-19-26-16-10-14(23)6-7-18(16)32-19;/h6-7,10-11,15H,4-5,8-9,12-13,24H2,1H3;1H. The van der Waals surface area contributed by atoms with Crippen LogP contribution in [-0.4, -0.2) is 43.4 Å². The zero-order valence-corrected chi connectivity index (χ0v) is 19.6. The summed E-state index contributed by atoms with van der Waals surface area (Å²) in [4.78, 5) is 24.7. The normalized spacial score (nSPS) is 16.0. The van der Waals surface area contributed by atoms with Gasteiger partial charge in [-0.15, -0.1) is 18.3 Å². The minimum Gasteiger partial charge on any atom is -0.439 e. The Bertz CT molecular complexity index is 1430. The number of aromatic nitrogens is 5. The first kappa shape index (κ1) is 23.1. The van der Waals surface area contributed by atoms with Gasteiger partial charge in [-0.3, -0.25) is 9.36 Å². The molecule has 0 spiro atoms. The third-order valence-electron chi connectivity index (χ3n) is 5.56. The maximum Gasteiger partial charge on any atom is 0.293 e. The van der Waals surface area contributed by atoms with E-state index in [2.05, 4.69) is 26.8 Å². The SMILES string of the molecule is CC#CCn1c(N2CCCC(N)C2)nc2cnn(Cc3nc4cc(Cl)ccc4o3)c(=O)c21.Cl. The maximum atomic E-state index is 13.4. The second-order valence-electron chi connectivity index (χ2n) is 7.83. The molecule has 2 N–H and O–H groups in total. The quantitative estimate of drug-likeness (QED) is 0.440. The van der Waals surface area contributed by atoms with Crippen molar-refractivity contribution in [3.63, 3.8) is 0 Å². The third-order valence-corrected chi connectivity index (χ3v) is 5.80. The Morgan fingerprint density at radius 3 is 2.94 bits per heavy atom. The van der Waals surface area contributed by atoms with E-state index in [9.17, 15) is 4.79 Å². The van der Waals surface area contributed by atoms with E-state index in [1.807, 2.05) is 4.57 Å².